The molecule has 0 aliphatic rings. The highest BCUT2D eigenvalue weighted by atomic mass is 32.1. The van der Waals surface area contributed by atoms with Crippen molar-refractivity contribution >= 4 is 11.3 Å². The number of nitrogens with zero attached hydrogens (tertiary/aromatic N) is 3. The summed E-state index contributed by atoms with van der Waals surface area (Å²) in [6, 6.07) is 4.65. The molecule has 0 aliphatic carbocycles. The molecule has 92 valence electrons. The van der Waals surface area contributed by atoms with E-state index >= 15 is 0 Å². The lowest BCUT2D eigenvalue weighted by molar-refractivity contribution is 0.502. The maximum Gasteiger partial charge on any atom is 0.147 e. The Kier molecular flexibility index (Phi) is 3.91. The largest absolute Gasteiger partial charge is 0.308 e. The van der Waals surface area contributed by atoms with Crippen LogP contribution in [0.5, 0.6) is 0 Å². The summed E-state index contributed by atoms with van der Waals surface area (Å²) in [7, 11) is 0. The summed E-state index contributed by atoms with van der Waals surface area (Å²) >= 11 is 1.79. The minimum absolute atomic E-state index is 0.403. The summed E-state index contributed by atoms with van der Waals surface area (Å²) in [6.45, 7) is 7.87. The van der Waals surface area contributed by atoms with E-state index in [9.17, 15) is 0 Å². The fourth-order valence-corrected chi connectivity index (χ4v) is 2.56. The van der Waals surface area contributed by atoms with Gasteiger partial charge in [0.2, 0.25) is 0 Å². The van der Waals surface area contributed by atoms with E-state index in [0.717, 1.165) is 24.7 Å². The number of aromatic nitrogens is 3. The predicted octanol–water partition coefficient (Wildman–Crippen LogP) is 2.31. The van der Waals surface area contributed by atoms with Crippen molar-refractivity contribution < 1.29 is 0 Å². The fourth-order valence-electron chi connectivity index (χ4n) is 1.80. The molecule has 0 spiro atoms. The molecule has 1 unspecified atom stereocenters. The molecule has 0 aromatic carbocycles. The molecule has 0 fully saturated rings. The summed E-state index contributed by atoms with van der Waals surface area (Å²) in [5, 5.41) is 9.94. The molecule has 0 amide bonds. The minimum Gasteiger partial charge on any atom is -0.308 e. The Labute approximate surface area is 106 Å². The topological polar surface area (TPSA) is 42.7 Å². The van der Waals surface area contributed by atoms with Crippen LogP contribution in [0.3, 0.4) is 0 Å². The van der Waals surface area contributed by atoms with E-state index in [4.69, 9.17) is 0 Å². The van der Waals surface area contributed by atoms with Gasteiger partial charge in [0.1, 0.15) is 11.6 Å². The van der Waals surface area contributed by atoms with Gasteiger partial charge < -0.3 is 5.32 Å². The van der Waals surface area contributed by atoms with Gasteiger partial charge in [0.25, 0.3) is 0 Å². The van der Waals surface area contributed by atoms with Crippen LogP contribution in [0, 0.1) is 13.8 Å². The van der Waals surface area contributed by atoms with Gasteiger partial charge in [-0.15, -0.1) is 11.3 Å². The molecule has 2 rings (SSSR count). The maximum absolute atomic E-state index is 4.34. The molecular formula is C12H18N4S. The van der Waals surface area contributed by atoms with Gasteiger partial charge in [-0.3, -0.25) is 0 Å². The van der Waals surface area contributed by atoms with Gasteiger partial charge in [0, 0.05) is 17.5 Å². The molecule has 0 saturated heterocycles. The molecule has 17 heavy (non-hydrogen) atoms. The quantitative estimate of drug-likeness (QED) is 0.885. The first-order valence-corrected chi connectivity index (χ1v) is 6.69. The Hall–Kier alpha value is -1.20. The van der Waals surface area contributed by atoms with Crippen LogP contribution >= 0.6 is 11.3 Å². The molecule has 2 aromatic rings. The molecule has 5 heteroatoms. The summed E-state index contributed by atoms with van der Waals surface area (Å²) < 4.78 is 1.95. The van der Waals surface area contributed by atoms with E-state index in [1.54, 1.807) is 11.3 Å². The van der Waals surface area contributed by atoms with Crippen molar-refractivity contribution in [2.45, 2.75) is 33.4 Å². The van der Waals surface area contributed by atoms with E-state index in [-0.39, 0.29) is 0 Å². The van der Waals surface area contributed by atoms with Crippen LogP contribution in [-0.4, -0.2) is 21.3 Å². The number of rotatable bonds is 5. The molecular weight excluding hydrogens is 232 g/mol. The highest BCUT2D eigenvalue weighted by molar-refractivity contribution is 7.10. The van der Waals surface area contributed by atoms with Crippen LogP contribution in [-0.2, 0) is 6.54 Å². The zero-order chi connectivity index (χ0) is 12.3. The molecule has 2 aromatic heterocycles. The van der Waals surface area contributed by atoms with Crippen molar-refractivity contribution in [1.82, 2.24) is 20.1 Å². The van der Waals surface area contributed by atoms with Gasteiger partial charge in [-0.05, 0) is 32.2 Å². The zero-order valence-corrected chi connectivity index (χ0v) is 11.3. The van der Waals surface area contributed by atoms with Crippen molar-refractivity contribution in [2.24, 2.45) is 0 Å². The summed E-state index contributed by atoms with van der Waals surface area (Å²) in [6.07, 6.45) is 0. The lowest BCUT2D eigenvalue weighted by Gasteiger charge is -2.12. The number of hydrogen-bond donors (Lipinski definition) is 1. The second-order valence-corrected chi connectivity index (χ2v) is 5.10. The van der Waals surface area contributed by atoms with Crippen LogP contribution in [0.4, 0.5) is 0 Å². The molecule has 0 saturated carbocycles. The maximum atomic E-state index is 4.34. The normalized spacial score (nSPS) is 12.9. The van der Waals surface area contributed by atoms with Crippen LogP contribution in [0.15, 0.2) is 17.5 Å². The van der Waals surface area contributed by atoms with Gasteiger partial charge in [-0.2, -0.15) is 5.10 Å². The van der Waals surface area contributed by atoms with Crippen LogP contribution in [0.1, 0.15) is 29.5 Å². The Bertz CT molecular complexity index is 461. The van der Waals surface area contributed by atoms with Crippen LogP contribution in [0.2, 0.25) is 0 Å². The summed E-state index contributed by atoms with van der Waals surface area (Å²) in [5.41, 5.74) is 0. The first-order chi connectivity index (χ1) is 8.16. The van der Waals surface area contributed by atoms with Crippen molar-refractivity contribution in [3.8, 4) is 0 Å². The molecule has 4 nitrogen and oxygen atoms in total. The highest BCUT2D eigenvalue weighted by Crippen LogP contribution is 2.17. The van der Waals surface area contributed by atoms with Gasteiger partial charge in [0.05, 0.1) is 6.54 Å². The van der Waals surface area contributed by atoms with Gasteiger partial charge in [0.15, 0.2) is 0 Å². The summed E-state index contributed by atoms with van der Waals surface area (Å²) in [4.78, 5) is 5.66. The van der Waals surface area contributed by atoms with Crippen LogP contribution in [0.25, 0.3) is 0 Å². The highest BCUT2D eigenvalue weighted by Gasteiger charge is 2.06. The Balaban J connectivity index is 1.82. The Morgan fingerprint density at radius 3 is 2.88 bits per heavy atom. The molecule has 0 bridgehead atoms. The monoisotopic (exact) mass is 250 g/mol. The molecule has 0 aliphatic heterocycles. The average molecular weight is 250 g/mol. The van der Waals surface area contributed by atoms with E-state index in [0.29, 0.717) is 6.04 Å². The van der Waals surface area contributed by atoms with E-state index in [1.807, 2.05) is 18.5 Å². The smallest absolute Gasteiger partial charge is 0.147 e. The van der Waals surface area contributed by atoms with Gasteiger partial charge >= 0.3 is 0 Å². The molecule has 2 heterocycles. The van der Waals surface area contributed by atoms with E-state index in [2.05, 4.69) is 39.8 Å². The third-order valence-electron chi connectivity index (χ3n) is 2.71. The number of aryl methyl sites for hydroxylation is 2. The van der Waals surface area contributed by atoms with Crippen LogP contribution < -0.4 is 5.32 Å². The fraction of sp³-hybridized carbons (Fsp3) is 0.500. The van der Waals surface area contributed by atoms with E-state index < -0.39 is 0 Å². The zero-order valence-electron chi connectivity index (χ0n) is 10.5. The van der Waals surface area contributed by atoms with Crippen molar-refractivity contribution in [1.29, 1.82) is 0 Å². The van der Waals surface area contributed by atoms with Crippen molar-refractivity contribution in [2.75, 3.05) is 6.54 Å². The Morgan fingerprint density at radius 2 is 2.29 bits per heavy atom. The van der Waals surface area contributed by atoms with Crippen molar-refractivity contribution in [3.63, 3.8) is 0 Å². The first-order valence-electron chi connectivity index (χ1n) is 5.81. The molecule has 1 atom stereocenters. The lowest BCUT2D eigenvalue weighted by Crippen LogP contribution is -2.23. The minimum atomic E-state index is 0.403. The van der Waals surface area contributed by atoms with Gasteiger partial charge in [-0.1, -0.05) is 6.07 Å². The standard InChI is InChI=1S/C12H18N4S/c1-9(12-5-4-8-17-12)13-6-7-16-11(3)14-10(2)15-16/h4-5,8-9,13H,6-7H2,1-3H3. The SMILES string of the molecule is Cc1nc(C)n(CCNC(C)c2cccs2)n1. The second kappa shape index (κ2) is 5.42. The van der Waals surface area contributed by atoms with E-state index in [1.165, 1.54) is 4.88 Å². The third kappa shape index (κ3) is 3.14. The second-order valence-electron chi connectivity index (χ2n) is 4.12. The predicted molar refractivity (Wildman–Crippen MR) is 70.2 cm³/mol. The first kappa shape index (κ1) is 12.3. The number of hydrogen-bond acceptors (Lipinski definition) is 4. The van der Waals surface area contributed by atoms with Gasteiger partial charge in [-0.25, -0.2) is 9.67 Å². The summed E-state index contributed by atoms with van der Waals surface area (Å²) in [5.74, 6) is 1.82. The third-order valence-corrected chi connectivity index (χ3v) is 3.76. The number of thiophene rings is 1. The Morgan fingerprint density at radius 1 is 1.47 bits per heavy atom. The lowest BCUT2D eigenvalue weighted by atomic mass is 10.3. The van der Waals surface area contributed by atoms with Crippen molar-refractivity contribution in [3.05, 3.63) is 34.0 Å². The molecule has 0 radical (unpaired) electrons. The average Bonchev–Trinajstić information content (AvgIpc) is 2.89. The number of nitrogens with one attached hydrogen (secondary N) is 1. The molecule has 1 N–H and O–H groups in total.